The summed E-state index contributed by atoms with van der Waals surface area (Å²) in [5, 5.41) is 10.4. The number of carbonyl (C=O) groups excluding carboxylic acids is 2. The third kappa shape index (κ3) is 2.16. The molecule has 2 unspecified atom stereocenters. The van der Waals surface area contributed by atoms with Crippen molar-refractivity contribution >= 4 is 11.9 Å². The van der Waals surface area contributed by atoms with Crippen LogP contribution in [0.5, 0.6) is 0 Å². The van der Waals surface area contributed by atoms with Crippen molar-refractivity contribution in [3.05, 3.63) is 22.3 Å². The van der Waals surface area contributed by atoms with Crippen LogP contribution in [-0.2, 0) is 23.8 Å². The zero-order valence-corrected chi connectivity index (χ0v) is 8.54. The number of ether oxygens (including phenoxy) is 3. The van der Waals surface area contributed by atoms with Gasteiger partial charge in [-0.2, -0.15) is 0 Å². The first kappa shape index (κ1) is 12.1. The van der Waals surface area contributed by atoms with Crippen molar-refractivity contribution in [3.8, 4) is 0 Å². The molecular formula is C8H9NO7. The Morgan fingerprint density at radius 2 is 2.19 bits per heavy atom. The Kier molecular flexibility index (Phi) is 3.23. The van der Waals surface area contributed by atoms with E-state index in [0.29, 0.717) is 0 Å². The predicted octanol–water partition coefficient (Wildman–Crippen LogP) is -0.392. The van der Waals surface area contributed by atoms with Gasteiger partial charge in [-0.05, 0) is 0 Å². The molecule has 0 spiro atoms. The molecule has 0 fully saturated rings. The smallest absolute Gasteiger partial charge is 0.384 e. The molecule has 0 aliphatic carbocycles. The van der Waals surface area contributed by atoms with E-state index in [1.165, 1.54) is 0 Å². The average Bonchev–Trinajstić information content (AvgIpc) is 2.61. The summed E-state index contributed by atoms with van der Waals surface area (Å²) in [6.45, 7) is 1.04. The Hall–Kier alpha value is -1.96. The van der Waals surface area contributed by atoms with Crippen LogP contribution in [0.1, 0.15) is 6.92 Å². The lowest BCUT2D eigenvalue weighted by Crippen LogP contribution is -2.44. The molecule has 0 aromatic heterocycles. The molecule has 88 valence electrons. The van der Waals surface area contributed by atoms with Gasteiger partial charge < -0.3 is 9.47 Å². The first-order valence-electron chi connectivity index (χ1n) is 4.20. The maximum absolute atomic E-state index is 11.3. The molecule has 8 heteroatoms. The van der Waals surface area contributed by atoms with Gasteiger partial charge in [0.2, 0.25) is 0 Å². The van der Waals surface area contributed by atoms with E-state index >= 15 is 0 Å². The number of esters is 2. The van der Waals surface area contributed by atoms with Gasteiger partial charge in [0.1, 0.15) is 0 Å². The number of rotatable bonds is 3. The summed E-state index contributed by atoms with van der Waals surface area (Å²) < 4.78 is 13.7. The second-order valence-electron chi connectivity index (χ2n) is 2.91. The van der Waals surface area contributed by atoms with Gasteiger partial charge in [0, 0.05) is 19.1 Å². The van der Waals surface area contributed by atoms with Crippen LogP contribution in [0.4, 0.5) is 0 Å². The van der Waals surface area contributed by atoms with Crippen LogP contribution in [-0.4, -0.2) is 36.0 Å². The largest absolute Gasteiger partial charge is 0.464 e. The van der Waals surface area contributed by atoms with Gasteiger partial charge in [-0.3, -0.25) is 19.6 Å². The molecule has 0 saturated heterocycles. The lowest BCUT2D eigenvalue weighted by molar-refractivity contribution is -0.568. The van der Waals surface area contributed by atoms with Gasteiger partial charge in [-0.25, -0.2) is 4.79 Å². The fourth-order valence-corrected chi connectivity index (χ4v) is 1.15. The van der Waals surface area contributed by atoms with E-state index in [1.807, 2.05) is 0 Å². The molecule has 1 heterocycles. The topological polar surface area (TPSA) is 105 Å². The monoisotopic (exact) mass is 231 g/mol. The molecule has 16 heavy (non-hydrogen) atoms. The van der Waals surface area contributed by atoms with Gasteiger partial charge >= 0.3 is 24.0 Å². The standard InChI is InChI=1S/C8H9NO7/c1-5(10)15-8(7(11)14-2)4-3-6(16-8)9(12)13/h3-4,6H,1-2H3. The SMILES string of the molecule is COC(=O)C1(OC(C)=O)C=CC([N+](=O)[O-])O1. The van der Waals surface area contributed by atoms with Crippen LogP contribution in [0.25, 0.3) is 0 Å². The van der Waals surface area contributed by atoms with Crippen LogP contribution in [0.3, 0.4) is 0 Å². The molecular weight excluding hydrogens is 222 g/mol. The van der Waals surface area contributed by atoms with E-state index in [-0.39, 0.29) is 0 Å². The molecule has 0 amide bonds. The van der Waals surface area contributed by atoms with E-state index < -0.39 is 28.9 Å². The number of hydrogen-bond acceptors (Lipinski definition) is 7. The van der Waals surface area contributed by atoms with E-state index in [2.05, 4.69) is 9.47 Å². The molecule has 1 aliphatic rings. The summed E-state index contributed by atoms with van der Waals surface area (Å²) in [7, 11) is 1.05. The van der Waals surface area contributed by atoms with Gasteiger partial charge in [0.05, 0.1) is 12.0 Å². The third-order valence-corrected chi connectivity index (χ3v) is 1.75. The molecule has 0 N–H and O–H groups in total. The number of nitro groups is 1. The van der Waals surface area contributed by atoms with E-state index in [9.17, 15) is 19.7 Å². The quantitative estimate of drug-likeness (QED) is 0.282. The first-order chi connectivity index (χ1) is 7.41. The minimum atomic E-state index is -2.15. The lowest BCUT2D eigenvalue weighted by Gasteiger charge is -2.22. The first-order valence-corrected chi connectivity index (χ1v) is 4.20. The summed E-state index contributed by atoms with van der Waals surface area (Å²) in [4.78, 5) is 31.8. The highest BCUT2D eigenvalue weighted by Crippen LogP contribution is 2.26. The Morgan fingerprint density at radius 1 is 1.56 bits per heavy atom. The molecule has 1 aliphatic heterocycles. The Bertz CT molecular complexity index is 363. The van der Waals surface area contributed by atoms with Crippen molar-refractivity contribution in [2.24, 2.45) is 0 Å². The Balaban J connectivity index is 2.93. The number of hydrogen-bond donors (Lipinski definition) is 0. The second kappa shape index (κ2) is 4.27. The zero-order chi connectivity index (χ0) is 12.3. The third-order valence-electron chi connectivity index (χ3n) is 1.75. The molecule has 0 aromatic rings. The summed E-state index contributed by atoms with van der Waals surface area (Å²) in [5.74, 6) is -4.01. The molecule has 2 atom stereocenters. The van der Waals surface area contributed by atoms with Crippen LogP contribution in [0, 0.1) is 10.1 Å². The average molecular weight is 231 g/mol. The predicted molar refractivity (Wildman–Crippen MR) is 47.5 cm³/mol. The second-order valence-corrected chi connectivity index (χ2v) is 2.91. The van der Waals surface area contributed by atoms with Crippen LogP contribution in [0.15, 0.2) is 12.2 Å². The highest BCUT2D eigenvalue weighted by atomic mass is 16.8. The fraction of sp³-hybridized carbons (Fsp3) is 0.500. The van der Waals surface area contributed by atoms with Crippen LogP contribution in [0.2, 0.25) is 0 Å². The molecule has 0 saturated carbocycles. The van der Waals surface area contributed by atoms with Gasteiger partial charge in [0.25, 0.3) is 0 Å². The van der Waals surface area contributed by atoms with Crippen molar-refractivity contribution in [1.29, 1.82) is 0 Å². The van der Waals surface area contributed by atoms with Gasteiger partial charge in [-0.1, -0.05) is 0 Å². The summed E-state index contributed by atoms with van der Waals surface area (Å²) in [5.41, 5.74) is 0. The number of methoxy groups -OCH3 is 1. The van der Waals surface area contributed by atoms with Crippen molar-refractivity contribution < 1.29 is 28.7 Å². The van der Waals surface area contributed by atoms with Crippen molar-refractivity contribution in [3.63, 3.8) is 0 Å². The molecule has 8 nitrogen and oxygen atoms in total. The van der Waals surface area contributed by atoms with E-state index in [4.69, 9.17) is 4.74 Å². The minimum Gasteiger partial charge on any atom is -0.464 e. The van der Waals surface area contributed by atoms with Crippen LogP contribution < -0.4 is 0 Å². The summed E-state index contributed by atoms with van der Waals surface area (Å²) >= 11 is 0. The Labute approximate surface area is 89.9 Å². The highest BCUT2D eigenvalue weighted by molar-refractivity contribution is 5.84. The van der Waals surface area contributed by atoms with E-state index in [1.54, 1.807) is 0 Å². The van der Waals surface area contributed by atoms with Crippen molar-refractivity contribution in [1.82, 2.24) is 0 Å². The van der Waals surface area contributed by atoms with Crippen molar-refractivity contribution in [2.75, 3.05) is 7.11 Å². The zero-order valence-electron chi connectivity index (χ0n) is 8.54. The van der Waals surface area contributed by atoms with E-state index in [0.717, 1.165) is 26.2 Å². The molecule has 0 aromatic carbocycles. The summed E-state index contributed by atoms with van der Waals surface area (Å²) in [6.07, 6.45) is 0.437. The van der Waals surface area contributed by atoms with Crippen LogP contribution >= 0.6 is 0 Å². The Morgan fingerprint density at radius 3 is 2.56 bits per heavy atom. The van der Waals surface area contributed by atoms with Gasteiger partial charge in [-0.15, -0.1) is 0 Å². The number of nitrogens with zero attached hydrogens (tertiary/aromatic N) is 1. The molecule has 1 rings (SSSR count). The maximum Gasteiger partial charge on any atom is 0.384 e. The highest BCUT2D eigenvalue weighted by Gasteiger charge is 2.51. The number of carbonyl (C=O) groups is 2. The lowest BCUT2D eigenvalue weighted by atomic mass is 10.3. The molecule has 0 bridgehead atoms. The van der Waals surface area contributed by atoms with Gasteiger partial charge in [0.15, 0.2) is 0 Å². The maximum atomic E-state index is 11.3. The molecule has 0 radical (unpaired) electrons. The summed E-state index contributed by atoms with van der Waals surface area (Å²) in [6, 6.07) is 0. The van der Waals surface area contributed by atoms with Crippen molar-refractivity contribution in [2.45, 2.75) is 18.9 Å². The fourth-order valence-electron chi connectivity index (χ4n) is 1.15. The minimum absolute atomic E-state index is 0.773. The normalized spacial score (nSPS) is 27.5.